The molecule has 1 unspecified atom stereocenters. The minimum Gasteiger partial charge on any atom is -0.489 e. The molecule has 0 aliphatic carbocycles. The largest absolute Gasteiger partial charge is 0.489 e. The Morgan fingerprint density at radius 1 is 1.06 bits per heavy atom. The van der Waals surface area contributed by atoms with E-state index in [-0.39, 0.29) is 29.5 Å². The van der Waals surface area contributed by atoms with Crippen LogP contribution in [-0.2, 0) is 16.1 Å². The highest BCUT2D eigenvalue weighted by molar-refractivity contribution is 8.00. The molecule has 0 fully saturated rings. The fraction of sp³-hybridized carbons (Fsp3) is 0.348. The first-order chi connectivity index (χ1) is 15.5. The number of Topliss-reactive ketones (excluding diaryl/α,β-unsaturated/α-hetero) is 1. The third-order valence-corrected chi connectivity index (χ3v) is 5.16. The molecule has 0 spiro atoms. The average Bonchev–Trinajstić information content (AvgIpc) is 2.71. The molecule has 178 valence electrons. The maximum absolute atomic E-state index is 13.7. The second-order valence-electron chi connectivity index (χ2n) is 7.99. The highest BCUT2D eigenvalue weighted by atomic mass is 32.2. The lowest BCUT2D eigenvalue weighted by Gasteiger charge is -2.21. The van der Waals surface area contributed by atoms with Crippen LogP contribution in [0.3, 0.4) is 0 Å². The molecular weight excluding hydrogens is 456 g/mol. The molecule has 7 nitrogen and oxygen atoms in total. The van der Waals surface area contributed by atoms with Crippen LogP contribution in [0.1, 0.15) is 36.7 Å². The number of carbonyl (C=O) groups excluding carboxylic acids is 2. The molecular formula is C23H25F2NO6S. The maximum atomic E-state index is 13.7. The number of amides is 1. The third-order valence-electron chi connectivity index (χ3n) is 4.13. The number of carboxylic acid groups (broad SMARTS) is 1. The molecule has 0 heterocycles. The Kier molecular flexibility index (Phi) is 9.22. The number of thioether (sulfide) groups is 1. The Hall–Kier alpha value is -3.14. The zero-order valence-corrected chi connectivity index (χ0v) is 19.2. The molecule has 2 aromatic carbocycles. The van der Waals surface area contributed by atoms with Gasteiger partial charge in [-0.2, -0.15) is 11.8 Å². The lowest BCUT2D eigenvalue weighted by Crippen LogP contribution is -2.45. The molecule has 1 amide bonds. The summed E-state index contributed by atoms with van der Waals surface area (Å²) in [7, 11) is 0. The Balaban J connectivity index is 1.84. The fourth-order valence-corrected chi connectivity index (χ4v) is 3.47. The van der Waals surface area contributed by atoms with Crippen LogP contribution < -0.4 is 10.1 Å². The van der Waals surface area contributed by atoms with Gasteiger partial charge in [0, 0.05) is 11.3 Å². The summed E-state index contributed by atoms with van der Waals surface area (Å²) in [6.07, 6.45) is -0.854. The van der Waals surface area contributed by atoms with E-state index in [0.29, 0.717) is 11.3 Å². The monoisotopic (exact) mass is 481 g/mol. The fourth-order valence-electron chi connectivity index (χ4n) is 2.54. The zero-order valence-electron chi connectivity index (χ0n) is 18.4. The standard InChI is InChI=1S/C23H25F2NO6S/c1-23(2,3)32-22(30)26-19(21(28)29)12-33-13-20(27)14-7-9-15(10-8-14)31-11-16-17(24)5-4-6-18(16)25/h4-10,19H,11-13H2,1-3H3,(H,26,30)(H,28,29). The first kappa shape index (κ1) is 26.1. The summed E-state index contributed by atoms with van der Waals surface area (Å²) < 4.78 is 37.7. The van der Waals surface area contributed by atoms with Gasteiger partial charge in [-0.05, 0) is 57.2 Å². The quantitative estimate of drug-likeness (QED) is 0.484. The molecule has 33 heavy (non-hydrogen) atoms. The summed E-state index contributed by atoms with van der Waals surface area (Å²) in [5, 5.41) is 11.5. The molecule has 0 bridgehead atoms. The van der Waals surface area contributed by atoms with Gasteiger partial charge in [-0.25, -0.2) is 18.4 Å². The smallest absolute Gasteiger partial charge is 0.408 e. The van der Waals surface area contributed by atoms with Gasteiger partial charge in [0.1, 0.15) is 35.6 Å². The zero-order chi connectivity index (χ0) is 24.6. The highest BCUT2D eigenvalue weighted by Crippen LogP contribution is 2.19. The SMILES string of the molecule is CC(C)(C)OC(=O)NC(CSCC(=O)c1ccc(OCc2c(F)cccc2F)cc1)C(=O)O. The molecule has 0 saturated carbocycles. The van der Waals surface area contributed by atoms with Gasteiger partial charge >= 0.3 is 12.1 Å². The van der Waals surface area contributed by atoms with Crippen LogP contribution in [-0.4, -0.2) is 46.1 Å². The summed E-state index contributed by atoms with van der Waals surface area (Å²) in [4.78, 5) is 35.5. The van der Waals surface area contributed by atoms with Crippen molar-refractivity contribution in [3.8, 4) is 5.75 Å². The number of hydrogen-bond acceptors (Lipinski definition) is 6. The molecule has 10 heteroatoms. The van der Waals surface area contributed by atoms with Crippen LogP contribution in [0, 0.1) is 11.6 Å². The molecule has 2 rings (SSSR count). The number of alkyl carbamates (subject to hydrolysis) is 1. The summed E-state index contributed by atoms with van der Waals surface area (Å²) >= 11 is 1.05. The van der Waals surface area contributed by atoms with Crippen LogP contribution in [0.5, 0.6) is 5.75 Å². The van der Waals surface area contributed by atoms with Crippen LogP contribution in [0.15, 0.2) is 42.5 Å². The first-order valence-electron chi connectivity index (χ1n) is 9.95. The van der Waals surface area contributed by atoms with E-state index in [9.17, 15) is 28.3 Å². The predicted molar refractivity (Wildman–Crippen MR) is 120 cm³/mol. The Labute approximate surface area is 194 Å². The number of nitrogens with one attached hydrogen (secondary N) is 1. The van der Waals surface area contributed by atoms with Crippen molar-refractivity contribution in [3.05, 3.63) is 65.2 Å². The third kappa shape index (κ3) is 8.72. The number of halogens is 2. The van der Waals surface area contributed by atoms with E-state index >= 15 is 0 Å². The summed E-state index contributed by atoms with van der Waals surface area (Å²) in [5.74, 6) is -2.63. The van der Waals surface area contributed by atoms with Gasteiger partial charge in [-0.3, -0.25) is 4.79 Å². The topological polar surface area (TPSA) is 102 Å². The van der Waals surface area contributed by atoms with Gasteiger partial charge in [0.25, 0.3) is 0 Å². The normalized spacial score (nSPS) is 12.0. The van der Waals surface area contributed by atoms with Crippen LogP contribution >= 0.6 is 11.8 Å². The van der Waals surface area contributed by atoms with E-state index in [1.54, 1.807) is 20.8 Å². The van der Waals surface area contributed by atoms with Crippen molar-refractivity contribution in [1.82, 2.24) is 5.32 Å². The number of carboxylic acids is 1. The summed E-state index contributed by atoms with van der Waals surface area (Å²) in [5.41, 5.74) is -0.601. The summed E-state index contributed by atoms with van der Waals surface area (Å²) in [6.45, 7) is 4.67. The van der Waals surface area contributed by atoms with Crippen molar-refractivity contribution in [2.75, 3.05) is 11.5 Å². The van der Waals surface area contributed by atoms with Crippen LogP contribution in [0.25, 0.3) is 0 Å². The van der Waals surface area contributed by atoms with Gasteiger partial charge in [0.2, 0.25) is 0 Å². The molecule has 2 aromatic rings. The van der Waals surface area contributed by atoms with Crippen molar-refractivity contribution < 1.29 is 37.7 Å². The van der Waals surface area contributed by atoms with Gasteiger partial charge in [0.05, 0.1) is 11.3 Å². The van der Waals surface area contributed by atoms with Gasteiger partial charge in [0.15, 0.2) is 5.78 Å². The second-order valence-corrected chi connectivity index (χ2v) is 9.02. The molecule has 0 saturated heterocycles. The van der Waals surface area contributed by atoms with Crippen molar-refractivity contribution >= 4 is 29.6 Å². The minimum atomic E-state index is -1.24. The highest BCUT2D eigenvalue weighted by Gasteiger charge is 2.24. The van der Waals surface area contributed by atoms with Crippen LogP contribution in [0.4, 0.5) is 13.6 Å². The van der Waals surface area contributed by atoms with E-state index in [0.717, 1.165) is 23.9 Å². The Bertz CT molecular complexity index is 971. The lowest BCUT2D eigenvalue weighted by molar-refractivity contribution is -0.138. The van der Waals surface area contributed by atoms with Crippen molar-refractivity contribution in [2.45, 2.75) is 39.0 Å². The van der Waals surface area contributed by atoms with E-state index in [2.05, 4.69) is 5.32 Å². The average molecular weight is 482 g/mol. The summed E-state index contributed by atoms with van der Waals surface area (Å²) in [6, 6.07) is 8.33. The van der Waals surface area contributed by atoms with E-state index in [1.165, 1.54) is 30.3 Å². The molecule has 2 N–H and O–H groups in total. The van der Waals surface area contributed by atoms with Crippen LogP contribution in [0.2, 0.25) is 0 Å². The van der Waals surface area contributed by atoms with E-state index < -0.39 is 35.3 Å². The molecule has 0 radical (unpaired) electrons. The van der Waals surface area contributed by atoms with Crippen molar-refractivity contribution in [2.24, 2.45) is 0 Å². The van der Waals surface area contributed by atoms with Crippen molar-refractivity contribution in [3.63, 3.8) is 0 Å². The van der Waals surface area contributed by atoms with Gasteiger partial charge in [-0.15, -0.1) is 0 Å². The lowest BCUT2D eigenvalue weighted by atomic mass is 10.1. The predicted octanol–water partition coefficient (Wildman–Crippen LogP) is 4.44. The maximum Gasteiger partial charge on any atom is 0.408 e. The number of rotatable bonds is 10. The van der Waals surface area contributed by atoms with E-state index in [4.69, 9.17) is 9.47 Å². The molecule has 0 aliphatic rings. The Morgan fingerprint density at radius 2 is 1.67 bits per heavy atom. The number of benzene rings is 2. The van der Waals surface area contributed by atoms with Gasteiger partial charge in [-0.1, -0.05) is 6.07 Å². The Morgan fingerprint density at radius 3 is 2.21 bits per heavy atom. The minimum absolute atomic E-state index is 0.0135. The van der Waals surface area contributed by atoms with E-state index in [1.807, 2.05) is 0 Å². The number of carbonyl (C=O) groups is 3. The van der Waals surface area contributed by atoms with Gasteiger partial charge < -0.3 is 19.9 Å². The number of ether oxygens (including phenoxy) is 2. The number of hydrogen-bond donors (Lipinski definition) is 2. The molecule has 0 aromatic heterocycles. The first-order valence-corrected chi connectivity index (χ1v) is 11.1. The molecule has 1 atom stereocenters. The second kappa shape index (κ2) is 11.6. The molecule has 0 aliphatic heterocycles. The van der Waals surface area contributed by atoms with Crippen molar-refractivity contribution in [1.29, 1.82) is 0 Å². The number of aliphatic carboxylic acids is 1. The number of ketones is 1.